The van der Waals surface area contributed by atoms with E-state index in [1.54, 1.807) is 12.1 Å². The first-order valence-corrected chi connectivity index (χ1v) is 7.00. The number of nitrogens with zero attached hydrogens (tertiary/aromatic N) is 1. The average molecular weight is 338 g/mol. The molecule has 0 aliphatic carbocycles. The normalized spacial score (nSPS) is 11.8. The quantitative estimate of drug-likeness (QED) is 0.616. The fourth-order valence-corrected chi connectivity index (χ4v) is 2.23. The maximum Gasteiger partial charge on any atom is 0.327 e. The van der Waals surface area contributed by atoms with Crippen molar-refractivity contribution in [2.45, 2.75) is 6.10 Å². The Morgan fingerprint density at radius 3 is 2.42 bits per heavy atom. The number of ether oxygens (including phenoxy) is 2. The van der Waals surface area contributed by atoms with Crippen LogP contribution < -0.4 is 10.1 Å². The van der Waals surface area contributed by atoms with Gasteiger partial charge in [0.2, 0.25) is 5.82 Å². The third-order valence-corrected chi connectivity index (χ3v) is 3.46. The summed E-state index contributed by atoms with van der Waals surface area (Å²) in [4.78, 5) is 10.3. The van der Waals surface area contributed by atoms with Gasteiger partial charge in [0.25, 0.3) is 0 Å². The molecule has 0 saturated carbocycles. The summed E-state index contributed by atoms with van der Waals surface area (Å²) < 4.78 is 37.1. The predicted molar refractivity (Wildman–Crippen MR) is 84.2 cm³/mol. The molecule has 0 amide bonds. The van der Waals surface area contributed by atoms with E-state index in [-0.39, 0.29) is 23.8 Å². The Balaban J connectivity index is 2.24. The monoisotopic (exact) mass is 338 g/mol. The second kappa shape index (κ2) is 7.69. The van der Waals surface area contributed by atoms with Crippen LogP contribution in [0.15, 0.2) is 36.4 Å². The molecular weight excluding hydrogens is 322 g/mol. The van der Waals surface area contributed by atoms with Gasteiger partial charge in [-0.2, -0.15) is 4.39 Å². The van der Waals surface area contributed by atoms with E-state index in [1.807, 2.05) is 0 Å². The lowest BCUT2D eigenvalue weighted by Crippen LogP contribution is -2.15. The van der Waals surface area contributed by atoms with Crippen molar-refractivity contribution in [3.05, 3.63) is 63.7 Å². The van der Waals surface area contributed by atoms with Crippen molar-refractivity contribution in [2.24, 2.45) is 0 Å². The van der Waals surface area contributed by atoms with Crippen LogP contribution in [0, 0.1) is 21.7 Å². The molecule has 1 N–H and O–H groups in total. The van der Waals surface area contributed by atoms with Crippen LogP contribution in [0.4, 0.5) is 20.2 Å². The van der Waals surface area contributed by atoms with Crippen molar-refractivity contribution in [2.75, 3.05) is 26.1 Å². The molecule has 1 unspecified atom stereocenters. The standard InChI is InChI=1S/C16H16F2N2O4/c1-23-12-7-13(18)16(20(21)22)14(8-12)19-9-15(24-2)10-3-5-11(17)6-4-10/h3-8,15,19H,9H2,1-2H3. The molecule has 0 saturated heterocycles. The summed E-state index contributed by atoms with van der Waals surface area (Å²) in [6.45, 7) is 0.121. The van der Waals surface area contributed by atoms with E-state index in [4.69, 9.17) is 9.47 Å². The highest BCUT2D eigenvalue weighted by atomic mass is 19.1. The Morgan fingerprint density at radius 2 is 1.88 bits per heavy atom. The van der Waals surface area contributed by atoms with Gasteiger partial charge in [0, 0.05) is 25.8 Å². The zero-order valence-corrected chi connectivity index (χ0v) is 13.1. The van der Waals surface area contributed by atoms with Crippen LogP contribution in [-0.2, 0) is 4.74 Å². The smallest absolute Gasteiger partial charge is 0.327 e. The van der Waals surface area contributed by atoms with Crippen molar-refractivity contribution in [3.63, 3.8) is 0 Å². The predicted octanol–water partition coefficient (Wildman–Crippen LogP) is 3.68. The van der Waals surface area contributed by atoms with Gasteiger partial charge < -0.3 is 14.8 Å². The van der Waals surface area contributed by atoms with Crippen LogP contribution >= 0.6 is 0 Å². The Hall–Kier alpha value is -2.74. The van der Waals surface area contributed by atoms with E-state index < -0.39 is 22.5 Å². The summed E-state index contributed by atoms with van der Waals surface area (Å²) in [6.07, 6.45) is -0.500. The van der Waals surface area contributed by atoms with Crippen LogP contribution in [0.25, 0.3) is 0 Å². The molecule has 0 aliphatic rings. The molecule has 0 heterocycles. The molecule has 6 nitrogen and oxygen atoms in total. The molecule has 8 heteroatoms. The number of halogens is 2. The Morgan fingerprint density at radius 1 is 1.21 bits per heavy atom. The number of benzene rings is 2. The van der Waals surface area contributed by atoms with Gasteiger partial charge in [0.15, 0.2) is 0 Å². The van der Waals surface area contributed by atoms with E-state index in [0.717, 1.165) is 6.07 Å². The van der Waals surface area contributed by atoms with Crippen molar-refractivity contribution >= 4 is 11.4 Å². The van der Waals surface area contributed by atoms with Gasteiger partial charge in [-0.1, -0.05) is 12.1 Å². The summed E-state index contributed by atoms with van der Waals surface area (Å²) >= 11 is 0. The molecule has 2 aromatic rings. The molecule has 0 bridgehead atoms. The van der Waals surface area contributed by atoms with Gasteiger partial charge in [-0.3, -0.25) is 10.1 Å². The molecular formula is C16H16F2N2O4. The van der Waals surface area contributed by atoms with Crippen molar-refractivity contribution < 1.29 is 23.2 Å². The number of methoxy groups -OCH3 is 2. The average Bonchev–Trinajstić information content (AvgIpc) is 2.55. The summed E-state index contributed by atoms with van der Waals surface area (Å²) in [5.41, 5.74) is -0.0248. The zero-order valence-electron chi connectivity index (χ0n) is 13.1. The highest BCUT2D eigenvalue weighted by Gasteiger charge is 2.23. The number of nitro groups is 1. The molecule has 1 atom stereocenters. The van der Waals surface area contributed by atoms with E-state index >= 15 is 0 Å². The van der Waals surface area contributed by atoms with Gasteiger partial charge in [-0.25, -0.2) is 4.39 Å². The third kappa shape index (κ3) is 3.96. The van der Waals surface area contributed by atoms with Crippen LogP contribution in [0.3, 0.4) is 0 Å². The topological polar surface area (TPSA) is 73.6 Å². The van der Waals surface area contributed by atoms with E-state index in [2.05, 4.69) is 5.32 Å². The molecule has 0 aromatic heterocycles. The van der Waals surface area contributed by atoms with Gasteiger partial charge in [-0.05, 0) is 17.7 Å². The number of nitrogens with one attached hydrogen (secondary N) is 1. The van der Waals surface area contributed by atoms with Crippen molar-refractivity contribution in [3.8, 4) is 5.75 Å². The van der Waals surface area contributed by atoms with Crippen LogP contribution in [0.2, 0.25) is 0 Å². The van der Waals surface area contributed by atoms with Crippen molar-refractivity contribution in [1.82, 2.24) is 0 Å². The molecule has 0 radical (unpaired) electrons. The lowest BCUT2D eigenvalue weighted by molar-refractivity contribution is -0.386. The summed E-state index contributed by atoms with van der Waals surface area (Å²) in [7, 11) is 2.79. The van der Waals surface area contributed by atoms with Crippen LogP contribution in [-0.4, -0.2) is 25.7 Å². The van der Waals surface area contributed by atoms with Gasteiger partial charge in [-0.15, -0.1) is 0 Å². The molecule has 2 aromatic carbocycles. The first-order valence-electron chi connectivity index (χ1n) is 7.00. The number of hydrogen-bond donors (Lipinski definition) is 1. The van der Waals surface area contributed by atoms with Gasteiger partial charge >= 0.3 is 5.69 Å². The molecule has 2 rings (SSSR count). The highest BCUT2D eigenvalue weighted by molar-refractivity contribution is 5.65. The van der Waals surface area contributed by atoms with Crippen LogP contribution in [0.5, 0.6) is 5.75 Å². The minimum Gasteiger partial charge on any atom is -0.497 e. The molecule has 0 fully saturated rings. The number of rotatable bonds is 7. The van der Waals surface area contributed by atoms with E-state index in [1.165, 1.54) is 32.4 Å². The third-order valence-electron chi connectivity index (χ3n) is 3.46. The fourth-order valence-electron chi connectivity index (χ4n) is 2.23. The lowest BCUT2D eigenvalue weighted by Gasteiger charge is -2.17. The summed E-state index contributed by atoms with van der Waals surface area (Å²) in [6, 6.07) is 7.94. The zero-order chi connectivity index (χ0) is 17.7. The largest absolute Gasteiger partial charge is 0.497 e. The van der Waals surface area contributed by atoms with Crippen LogP contribution in [0.1, 0.15) is 11.7 Å². The maximum atomic E-state index is 13.9. The van der Waals surface area contributed by atoms with E-state index in [0.29, 0.717) is 5.56 Å². The van der Waals surface area contributed by atoms with Gasteiger partial charge in [0.1, 0.15) is 17.3 Å². The van der Waals surface area contributed by atoms with Gasteiger partial charge in [0.05, 0.1) is 18.1 Å². The first kappa shape index (κ1) is 17.6. The lowest BCUT2D eigenvalue weighted by atomic mass is 10.1. The minimum absolute atomic E-state index is 0.0268. The summed E-state index contributed by atoms with van der Waals surface area (Å²) in [5.74, 6) is -1.24. The number of anilines is 1. The fraction of sp³-hybridized carbons (Fsp3) is 0.250. The Kier molecular flexibility index (Phi) is 5.64. The first-order chi connectivity index (χ1) is 11.5. The SMILES string of the molecule is COc1cc(F)c([N+](=O)[O-])c(NCC(OC)c2ccc(F)cc2)c1. The molecule has 0 spiro atoms. The van der Waals surface area contributed by atoms with Crippen molar-refractivity contribution in [1.29, 1.82) is 0 Å². The van der Waals surface area contributed by atoms with E-state index in [9.17, 15) is 18.9 Å². The Labute approximate surface area is 137 Å². The number of nitro benzene ring substituents is 1. The molecule has 0 aliphatic heterocycles. The Bertz CT molecular complexity index is 723. The maximum absolute atomic E-state index is 13.9. The summed E-state index contributed by atoms with van der Waals surface area (Å²) in [5, 5.41) is 13.9. The molecule has 128 valence electrons. The molecule has 24 heavy (non-hydrogen) atoms. The number of hydrogen-bond acceptors (Lipinski definition) is 5. The minimum atomic E-state index is -1.00. The highest BCUT2D eigenvalue weighted by Crippen LogP contribution is 2.33. The second-order valence-electron chi connectivity index (χ2n) is 4.92. The second-order valence-corrected chi connectivity index (χ2v) is 4.92.